The minimum absolute atomic E-state index is 0.0556. The van der Waals surface area contributed by atoms with Gasteiger partial charge in [-0.25, -0.2) is 0 Å². The van der Waals surface area contributed by atoms with Crippen molar-refractivity contribution in [1.82, 2.24) is 5.32 Å². The van der Waals surface area contributed by atoms with Crippen LogP contribution in [0.25, 0.3) is 0 Å². The number of rotatable bonds is 0. The average Bonchev–Trinajstić information content (AvgIpc) is 2.56. The summed E-state index contributed by atoms with van der Waals surface area (Å²) in [5.41, 5.74) is 0.0556. The fourth-order valence-electron chi connectivity index (χ4n) is 2.57. The van der Waals surface area contributed by atoms with Crippen LogP contribution in [0.5, 0.6) is 0 Å². The Morgan fingerprint density at radius 3 is 2.55 bits per heavy atom. The van der Waals surface area contributed by atoms with Crippen molar-refractivity contribution in [1.29, 1.82) is 0 Å². The maximum absolute atomic E-state index is 11.5. The van der Waals surface area contributed by atoms with Crippen molar-refractivity contribution in [3.05, 3.63) is 0 Å². The van der Waals surface area contributed by atoms with E-state index in [2.05, 4.69) is 12.2 Å². The Kier molecular flexibility index (Phi) is 1.44. The fourth-order valence-corrected chi connectivity index (χ4v) is 2.57. The molecule has 1 aliphatic carbocycles. The Balaban J connectivity index is 2.26. The Labute approximate surface area is 67.4 Å². The molecule has 62 valence electrons. The molecule has 0 aromatic rings. The van der Waals surface area contributed by atoms with Crippen molar-refractivity contribution in [2.24, 2.45) is 11.3 Å². The molecule has 1 atom stereocenters. The van der Waals surface area contributed by atoms with E-state index in [9.17, 15) is 4.79 Å². The van der Waals surface area contributed by atoms with Crippen LogP contribution in [-0.2, 0) is 4.79 Å². The maximum Gasteiger partial charge on any atom is 0.226 e. The lowest BCUT2D eigenvalue weighted by atomic mass is 9.77. The lowest BCUT2D eigenvalue weighted by Gasteiger charge is -2.23. The van der Waals surface area contributed by atoms with Gasteiger partial charge >= 0.3 is 0 Å². The van der Waals surface area contributed by atoms with E-state index in [1.165, 1.54) is 12.8 Å². The van der Waals surface area contributed by atoms with E-state index < -0.39 is 0 Å². The van der Waals surface area contributed by atoms with Gasteiger partial charge in [0.25, 0.3) is 0 Å². The Morgan fingerprint density at radius 2 is 2.09 bits per heavy atom. The van der Waals surface area contributed by atoms with Crippen LogP contribution in [0.1, 0.15) is 32.6 Å². The third-order valence-corrected chi connectivity index (χ3v) is 3.46. The second kappa shape index (κ2) is 2.23. The normalized spacial score (nSPS) is 34.6. The van der Waals surface area contributed by atoms with Crippen LogP contribution in [-0.4, -0.2) is 12.5 Å². The minimum atomic E-state index is 0.0556. The molecule has 1 aliphatic heterocycles. The summed E-state index contributed by atoms with van der Waals surface area (Å²) in [4.78, 5) is 11.5. The monoisotopic (exact) mass is 153 g/mol. The van der Waals surface area contributed by atoms with Crippen molar-refractivity contribution in [3.63, 3.8) is 0 Å². The summed E-state index contributed by atoms with van der Waals surface area (Å²) in [7, 11) is 0. The van der Waals surface area contributed by atoms with Gasteiger partial charge in [-0.1, -0.05) is 19.8 Å². The molecule has 1 N–H and O–H groups in total. The molecule has 0 radical (unpaired) electrons. The zero-order chi connectivity index (χ0) is 7.90. The second-order valence-electron chi connectivity index (χ2n) is 3.97. The molecule has 2 aliphatic rings. The molecule has 1 amide bonds. The van der Waals surface area contributed by atoms with Crippen molar-refractivity contribution >= 4 is 5.91 Å². The lowest BCUT2D eigenvalue weighted by molar-refractivity contribution is -0.128. The molecule has 1 saturated carbocycles. The van der Waals surface area contributed by atoms with E-state index in [-0.39, 0.29) is 5.41 Å². The topological polar surface area (TPSA) is 29.1 Å². The third kappa shape index (κ3) is 0.815. The summed E-state index contributed by atoms with van der Waals surface area (Å²) in [6.07, 6.45) is 4.75. The second-order valence-corrected chi connectivity index (χ2v) is 3.97. The lowest BCUT2D eigenvalue weighted by Crippen LogP contribution is -2.31. The van der Waals surface area contributed by atoms with Crippen LogP contribution in [0.2, 0.25) is 0 Å². The van der Waals surface area contributed by atoms with Crippen molar-refractivity contribution in [2.75, 3.05) is 6.54 Å². The highest BCUT2D eigenvalue weighted by Crippen LogP contribution is 2.46. The molecular formula is C9H15NO. The number of hydrogen-bond donors (Lipinski definition) is 1. The SMILES string of the molecule is CC1CNC(=O)C12CCCC2. The first kappa shape index (κ1) is 7.14. The van der Waals surface area contributed by atoms with Gasteiger partial charge in [-0.05, 0) is 18.8 Å². The molecule has 0 bridgehead atoms. The number of carbonyl (C=O) groups is 1. The van der Waals surface area contributed by atoms with Crippen LogP contribution >= 0.6 is 0 Å². The Bertz CT molecular complexity index is 182. The van der Waals surface area contributed by atoms with E-state index in [4.69, 9.17) is 0 Å². The number of amides is 1. The zero-order valence-electron chi connectivity index (χ0n) is 7.02. The first-order chi connectivity index (χ1) is 5.26. The maximum atomic E-state index is 11.5. The summed E-state index contributed by atoms with van der Waals surface area (Å²) < 4.78 is 0. The van der Waals surface area contributed by atoms with Crippen molar-refractivity contribution < 1.29 is 4.79 Å². The van der Waals surface area contributed by atoms with Crippen molar-refractivity contribution in [2.45, 2.75) is 32.6 Å². The minimum Gasteiger partial charge on any atom is -0.355 e. The molecule has 1 unspecified atom stereocenters. The number of carbonyl (C=O) groups excluding carboxylic acids is 1. The first-order valence-corrected chi connectivity index (χ1v) is 4.54. The molecule has 2 heteroatoms. The molecule has 2 rings (SSSR count). The molecule has 1 spiro atoms. The van der Waals surface area contributed by atoms with Gasteiger partial charge in [0, 0.05) is 6.54 Å². The highest BCUT2D eigenvalue weighted by molar-refractivity contribution is 5.85. The summed E-state index contributed by atoms with van der Waals surface area (Å²) in [5.74, 6) is 0.889. The summed E-state index contributed by atoms with van der Waals surface area (Å²) in [5, 5.41) is 2.96. The molecule has 2 fully saturated rings. The van der Waals surface area contributed by atoms with E-state index >= 15 is 0 Å². The van der Waals surface area contributed by atoms with Gasteiger partial charge in [0.2, 0.25) is 5.91 Å². The highest BCUT2D eigenvalue weighted by Gasteiger charge is 2.49. The highest BCUT2D eigenvalue weighted by atomic mass is 16.2. The van der Waals surface area contributed by atoms with E-state index in [1.807, 2.05) is 0 Å². The molecule has 0 aromatic heterocycles. The molecule has 11 heavy (non-hydrogen) atoms. The quantitative estimate of drug-likeness (QED) is 0.558. The van der Waals surface area contributed by atoms with Gasteiger partial charge in [-0.2, -0.15) is 0 Å². The predicted octanol–water partition coefficient (Wildman–Crippen LogP) is 1.31. The van der Waals surface area contributed by atoms with Gasteiger partial charge in [-0.15, -0.1) is 0 Å². The molecular weight excluding hydrogens is 138 g/mol. The Morgan fingerprint density at radius 1 is 1.45 bits per heavy atom. The standard InChI is InChI=1S/C9H15NO/c1-7-6-10-8(11)9(7)4-2-3-5-9/h7H,2-6H2,1H3,(H,10,11). The number of hydrogen-bond acceptors (Lipinski definition) is 1. The van der Waals surface area contributed by atoms with Crippen molar-refractivity contribution in [3.8, 4) is 0 Å². The smallest absolute Gasteiger partial charge is 0.226 e. The largest absolute Gasteiger partial charge is 0.355 e. The van der Waals surface area contributed by atoms with Gasteiger partial charge in [0.1, 0.15) is 0 Å². The van der Waals surface area contributed by atoms with E-state index in [1.54, 1.807) is 0 Å². The van der Waals surface area contributed by atoms with Gasteiger partial charge in [0.15, 0.2) is 0 Å². The molecule has 2 nitrogen and oxygen atoms in total. The first-order valence-electron chi connectivity index (χ1n) is 4.54. The van der Waals surface area contributed by atoms with Crippen LogP contribution in [0.3, 0.4) is 0 Å². The summed E-state index contributed by atoms with van der Waals surface area (Å²) >= 11 is 0. The zero-order valence-corrected chi connectivity index (χ0v) is 7.02. The van der Waals surface area contributed by atoms with E-state index in [0.29, 0.717) is 11.8 Å². The third-order valence-electron chi connectivity index (χ3n) is 3.46. The van der Waals surface area contributed by atoms with Crippen LogP contribution in [0.4, 0.5) is 0 Å². The average molecular weight is 153 g/mol. The summed E-state index contributed by atoms with van der Waals surface area (Å²) in [6.45, 7) is 3.10. The molecule has 1 saturated heterocycles. The van der Waals surface area contributed by atoms with E-state index in [0.717, 1.165) is 19.4 Å². The Hall–Kier alpha value is -0.530. The number of nitrogens with one attached hydrogen (secondary N) is 1. The van der Waals surface area contributed by atoms with Gasteiger partial charge < -0.3 is 5.32 Å². The van der Waals surface area contributed by atoms with Crippen LogP contribution in [0, 0.1) is 11.3 Å². The molecule has 1 heterocycles. The molecule has 0 aromatic carbocycles. The van der Waals surface area contributed by atoms with Gasteiger partial charge in [-0.3, -0.25) is 4.79 Å². The van der Waals surface area contributed by atoms with Gasteiger partial charge in [0.05, 0.1) is 5.41 Å². The van der Waals surface area contributed by atoms with Crippen LogP contribution in [0.15, 0.2) is 0 Å². The fraction of sp³-hybridized carbons (Fsp3) is 0.889. The van der Waals surface area contributed by atoms with Crippen LogP contribution < -0.4 is 5.32 Å². The predicted molar refractivity (Wildman–Crippen MR) is 43.1 cm³/mol. The summed E-state index contributed by atoms with van der Waals surface area (Å²) in [6, 6.07) is 0.